The summed E-state index contributed by atoms with van der Waals surface area (Å²) in [6, 6.07) is 5.26. The van der Waals surface area contributed by atoms with Crippen molar-refractivity contribution in [1.82, 2.24) is 46.8 Å². The number of carboxylic acids is 1. The number of H-pyrrole nitrogens is 1. The van der Waals surface area contributed by atoms with Gasteiger partial charge in [-0.2, -0.15) is 0 Å². The fraction of sp³-hybridized carbons (Fsp3) is 0.636. The van der Waals surface area contributed by atoms with Crippen molar-refractivity contribution in [3.8, 4) is 11.4 Å². The van der Waals surface area contributed by atoms with Crippen LogP contribution in [0.1, 0.15) is 50.5 Å². The van der Waals surface area contributed by atoms with Gasteiger partial charge < -0.3 is 75.2 Å². The first kappa shape index (κ1) is 57.7. The van der Waals surface area contributed by atoms with Crippen LogP contribution in [0, 0.1) is 0 Å². The van der Waals surface area contributed by atoms with E-state index in [1.807, 2.05) is 0 Å². The molecule has 0 radical (unpaired) electrons. The van der Waals surface area contributed by atoms with Gasteiger partial charge in [0.15, 0.2) is 5.82 Å². The number of hydrogen-bond acceptors (Lipinski definition) is 20. The minimum absolute atomic E-state index is 0.00834. The Morgan fingerprint density at radius 2 is 1.37 bits per heavy atom. The van der Waals surface area contributed by atoms with Crippen molar-refractivity contribution in [3.05, 3.63) is 42.0 Å². The number of unbranched alkanes of at least 4 members (excludes halogenated alkanes) is 3. The Kier molecular flexibility index (Phi) is 25.6. The molecule has 0 saturated carbocycles. The number of aliphatic hydroxyl groups excluding tert-OH is 4. The summed E-state index contributed by atoms with van der Waals surface area (Å²) < 4.78 is 33.2. The van der Waals surface area contributed by atoms with Crippen LogP contribution in [-0.2, 0) is 68.4 Å². The molecule has 10 N–H and O–H groups in total. The number of nitrogens with zero attached hydrogens (tertiary/aromatic N) is 4. The van der Waals surface area contributed by atoms with Crippen LogP contribution in [-0.4, -0.2) is 221 Å². The number of aliphatic carboxylic acids is 1. The van der Waals surface area contributed by atoms with Crippen molar-refractivity contribution >= 4 is 41.4 Å². The molecule has 0 spiro atoms. The van der Waals surface area contributed by atoms with Crippen LogP contribution in [0.25, 0.3) is 11.4 Å². The number of carbonyl (C=O) groups excluding carboxylic acids is 6. The Balaban J connectivity index is 1.01. The van der Waals surface area contributed by atoms with Crippen LogP contribution in [0.4, 0.5) is 0 Å². The van der Waals surface area contributed by atoms with E-state index >= 15 is 0 Å². The van der Waals surface area contributed by atoms with Gasteiger partial charge in [0, 0.05) is 63.2 Å². The van der Waals surface area contributed by atoms with Crippen LogP contribution in [0.15, 0.2) is 36.4 Å². The number of aromatic amines is 1. The summed E-state index contributed by atoms with van der Waals surface area (Å²) in [5, 5.41) is 76.3. The summed E-state index contributed by atoms with van der Waals surface area (Å²) in [6.45, 7) is 1.43. The lowest BCUT2D eigenvalue weighted by molar-refractivity contribution is -0.310. The maximum Gasteiger partial charge on any atom is 0.364 e. The van der Waals surface area contributed by atoms with E-state index in [4.69, 9.17) is 28.4 Å². The first-order valence-electron chi connectivity index (χ1n) is 23.2. The molecule has 0 aliphatic carbocycles. The average molecular weight is 1010 g/mol. The van der Waals surface area contributed by atoms with E-state index in [0.29, 0.717) is 88.8 Å². The zero-order chi connectivity index (χ0) is 51.4. The molecule has 2 aromatic rings. The third-order valence-corrected chi connectivity index (χ3v) is 10.9. The van der Waals surface area contributed by atoms with Crippen LogP contribution in [0.2, 0.25) is 0 Å². The smallest absolute Gasteiger partial charge is 0.364 e. The standard InChI is InChI=1S/C44H65N9O18/c54-28-36(60)48-39-31(55)26-44(43(64)65,71-41(39)40(63)32(56)27-47-35(59)25-29-6-8-30(9-7-29)42-49-51-52-50-42)70-16-4-2-1-3-5-33(57)45-13-17-66-19-21-68-23-24-69-22-20-67-18-14-46-34(58)12-15-53-37(61)10-11-38(53)62/h6-11,31-32,39-41,54-56,63H,1-5,12-28H2,(H,45,57)(H,46,58)(H,47,59)(H,48,60)(H,64,65)(H,49,50,51,52)/t31-,32+,39+,40+,41+,44+/m0/s1. The van der Waals surface area contributed by atoms with Gasteiger partial charge in [0.05, 0.1) is 84.1 Å². The van der Waals surface area contributed by atoms with Crippen molar-refractivity contribution < 1.29 is 87.5 Å². The number of imide groups is 1. The lowest BCUT2D eigenvalue weighted by Gasteiger charge is -2.46. The Morgan fingerprint density at radius 3 is 1.94 bits per heavy atom. The molecule has 394 valence electrons. The van der Waals surface area contributed by atoms with Crippen molar-refractivity contribution in [2.45, 2.75) is 87.6 Å². The topological polar surface area (TPSA) is 382 Å². The van der Waals surface area contributed by atoms with Gasteiger partial charge in [-0.15, -0.1) is 5.10 Å². The van der Waals surface area contributed by atoms with Crippen LogP contribution >= 0.6 is 0 Å². The van der Waals surface area contributed by atoms with E-state index in [9.17, 15) is 59.1 Å². The Bertz CT molecular complexity index is 1990. The molecule has 2 aliphatic rings. The number of aromatic nitrogens is 4. The first-order chi connectivity index (χ1) is 34.2. The highest BCUT2D eigenvalue weighted by Gasteiger charge is 2.55. The number of carbonyl (C=O) groups is 7. The minimum Gasteiger partial charge on any atom is -0.477 e. The number of nitrogens with one attached hydrogen (secondary N) is 5. The molecule has 1 aromatic heterocycles. The van der Waals surface area contributed by atoms with Gasteiger partial charge in [-0.05, 0) is 28.8 Å². The molecule has 71 heavy (non-hydrogen) atoms. The Hall–Kier alpha value is -5.88. The normalized spacial score (nSPS) is 19.6. The van der Waals surface area contributed by atoms with Gasteiger partial charge in [-0.3, -0.25) is 33.7 Å². The molecule has 1 aromatic carbocycles. The molecular formula is C44H65N9O18. The quantitative estimate of drug-likeness (QED) is 0.0231. The van der Waals surface area contributed by atoms with E-state index in [0.717, 1.165) is 4.90 Å². The van der Waals surface area contributed by atoms with Crippen molar-refractivity contribution in [1.29, 1.82) is 0 Å². The predicted molar refractivity (Wildman–Crippen MR) is 242 cm³/mol. The number of aliphatic hydroxyl groups is 4. The molecule has 0 bridgehead atoms. The van der Waals surface area contributed by atoms with Gasteiger partial charge in [-0.1, -0.05) is 37.1 Å². The SMILES string of the molecule is O=C(CCCCCCO[C@]1(C(=O)O)C[C@H](O)[C@@H](NC(=O)CO)[C@H]([C@H](O)[C@H](O)CNC(=O)Cc2ccc(-c3nnn[nH]3)cc2)O1)NCCOCCOCCOCCOCCNC(=O)CCN1C(=O)C=CC1=O. The van der Waals surface area contributed by atoms with E-state index in [-0.39, 0.29) is 64.0 Å². The number of ether oxygens (including phenoxy) is 6. The van der Waals surface area contributed by atoms with Crippen molar-refractivity contribution in [3.63, 3.8) is 0 Å². The van der Waals surface area contributed by atoms with Crippen LogP contribution in [0.3, 0.4) is 0 Å². The third-order valence-electron chi connectivity index (χ3n) is 10.9. The molecule has 4 rings (SSSR count). The summed E-state index contributed by atoms with van der Waals surface area (Å²) >= 11 is 0. The minimum atomic E-state index is -2.50. The number of benzene rings is 1. The fourth-order valence-corrected chi connectivity index (χ4v) is 7.12. The zero-order valence-corrected chi connectivity index (χ0v) is 39.2. The highest BCUT2D eigenvalue weighted by atomic mass is 16.7. The lowest BCUT2D eigenvalue weighted by Crippen LogP contribution is -2.68. The summed E-state index contributed by atoms with van der Waals surface area (Å²) in [7, 11) is 0. The molecule has 3 heterocycles. The number of rotatable bonds is 36. The van der Waals surface area contributed by atoms with E-state index in [1.165, 1.54) is 12.2 Å². The van der Waals surface area contributed by atoms with Gasteiger partial charge in [-0.25, -0.2) is 9.89 Å². The van der Waals surface area contributed by atoms with Gasteiger partial charge in [0.25, 0.3) is 17.6 Å². The number of hydrogen-bond donors (Lipinski definition) is 10. The average Bonchev–Trinajstić information content (AvgIpc) is 4.01. The summed E-state index contributed by atoms with van der Waals surface area (Å²) in [6.07, 6.45) is -3.42. The maximum atomic E-state index is 12.7. The van der Waals surface area contributed by atoms with E-state index in [2.05, 4.69) is 41.9 Å². The highest BCUT2D eigenvalue weighted by Crippen LogP contribution is 2.34. The second-order valence-corrected chi connectivity index (χ2v) is 16.2. The Labute approximate surface area is 408 Å². The van der Waals surface area contributed by atoms with Crippen LogP contribution in [0.5, 0.6) is 0 Å². The fourth-order valence-electron chi connectivity index (χ4n) is 7.12. The highest BCUT2D eigenvalue weighted by molar-refractivity contribution is 6.13. The second kappa shape index (κ2) is 31.5. The number of carboxylic acid groups (broad SMARTS) is 1. The Morgan fingerprint density at radius 1 is 0.775 bits per heavy atom. The van der Waals surface area contributed by atoms with Gasteiger partial charge in [0.1, 0.15) is 18.8 Å². The van der Waals surface area contributed by atoms with Crippen LogP contribution < -0.4 is 21.3 Å². The molecule has 2 aliphatic heterocycles. The molecule has 27 heteroatoms. The maximum absolute atomic E-state index is 12.7. The summed E-state index contributed by atoms with van der Waals surface area (Å²) in [5.41, 5.74) is 1.29. The summed E-state index contributed by atoms with van der Waals surface area (Å²) in [4.78, 5) is 85.6. The molecule has 6 amide bonds. The van der Waals surface area contributed by atoms with Crippen molar-refractivity contribution in [2.75, 3.05) is 92.2 Å². The summed E-state index contributed by atoms with van der Waals surface area (Å²) in [5.74, 6) is -6.54. The molecular weight excluding hydrogens is 943 g/mol. The van der Waals surface area contributed by atoms with Crippen molar-refractivity contribution in [2.24, 2.45) is 0 Å². The second-order valence-electron chi connectivity index (χ2n) is 16.2. The van der Waals surface area contributed by atoms with E-state index < -0.39 is 85.4 Å². The zero-order valence-electron chi connectivity index (χ0n) is 39.2. The number of tetrazole rings is 1. The van der Waals surface area contributed by atoms with Gasteiger partial charge >= 0.3 is 5.97 Å². The largest absolute Gasteiger partial charge is 0.477 e. The first-order valence-corrected chi connectivity index (χ1v) is 23.2. The molecule has 6 atom stereocenters. The molecule has 1 fully saturated rings. The predicted octanol–water partition coefficient (Wildman–Crippen LogP) is -3.76. The monoisotopic (exact) mass is 1010 g/mol. The molecule has 27 nitrogen and oxygen atoms in total. The third kappa shape index (κ3) is 20.4. The van der Waals surface area contributed by atoms with E-state index in [1.54, 1.807) is 24.3 Å². The van der Waals surface area contributed by atoms with Gasteiger partial charge in [0.2, 0.25) is 23.6 Å². The molecule has 0 unspecified atom stereocenters. The lowest BCUT2D eigenvalue weighted by atomic mass is 9.88. The molecule has 1 saturated heterocycles. The number of amides is 6.